The third kappa shape index (κ3) is 3.29. The Balaban J connectivity index is 1.86. The number of benzene rings is 2. The first kappa shape index (κ1) is 15.0. The van der Waals surface area contributed by atoms with Crippen LogP contribution in [-0.2, 0) is 0 Å². The minimum absolute atomic E-state index is 0.0366. The van der Waals surface area contributed by atoms with Crippen molar-refractivity contribution in [3.63, 3.8) is 0 Å². The molecule has 0 aliphatic heterocycles. The van der Waals surface area contributed by atoms with Crippen molar-refractivity contribution in [3.8, 4) is 5.75 Å². The van der Waals surface area contributed by atoms with Gasteiger partial charge in [-0.25, -0.2) is 0 Å². The predicted octanol–water partition coefficient (Wildman–Crippen LogP) is 4.45. The van der Waals surface area contributed by atoms with Gasteiger partial charge in [-0.05, 0) is 59.2 Å². The fourth-order valence-corrected chi connectivity index (χ4v) is 2.46. The molecule has 2 aromatic carbocycles. The highest BCUT2D eigenvalue weighted by Crippen LogP contribution is 2.22. The summed E-state index contributed by atoms with van der Waals surface area (Å²) >= 11 is 0. The maximum Gasteiger partial charge on any atom is 0.187 e. The van der Waals surface area contributed by atoms with Crippen LogP contribution in [0.3, 0.4) is 0 Å². The molecule has 114 valence electrons. The van der Waals surface area contributed by atoms with Crippen molar-refractivity contribution < 1.29 is 9.53 Å². The molecule has 0 unspecified atom stereocenters. The molecule has 3 rings (SSSR count). The van der Waals surface area contributed by atoms with Crippen molar-refractivity contribution in [2.45, 2.75) is 6.92 Å². The summed E-state index contributed by atoms with van der Waals surface area (Å²) in [6, 6.07) is 13.8. The highest BCUT2D eigenvalue weighted by Gasteiger charge is 2.05. The summed E-state index contributed by atoms with van der Waals surface area (Å²) in [5.41, 5.74) is 2.55. The molecule has 1 aromatic heterocycles. The third-order valence-corrected chi connectivity index (χ3v) is 3.80. The van der Waals surface area contributed by atoms with Gasteiger partial charge in [-0.2, -0.15) is 0 Å². The summed E-state index contributed by atoms with van der Waals surface area (Å²) < 4.78 is 5.23. The lowest BCUT2D eigenvalue weighted by Gasteiger charge is -2.03. The molecule has 3 heteroatoms. The first-order valence-electron chi connectivity index (χ1n) is 7.38. The molecular formula is C20H17NO2. The lowest BCUT2D eigenvalue weighted by molar-refractivity contribution is 0.104. The predicted molar refractivity (Wildman–Crippen MR) is 92.8 cm³/mol. The van der Waals surface area contributed by atoms with Gasteiger partial charge in [-0.3, -0.25) is 9.78 Å². The lowest BCUT2D eigenvalue weighted by atomic mass is 10.0. The summed E-state index contributed by atoms with van der Waals surface area (Å²) in [4.78, 5) is 16.3. The maximum absolute atomic E-state index is 12.2. The first-order chi connectivity index (χ1) is 11.2. The molecule has 0 spiro atoms. The normalized spacial score (nSPS) is 11.0. The summed E-state index contributed by atoms with van der Waals surface area (Å²) in [7, 11) is 1.66. The van der Waals surface area contributed by atoms with E-state index in [2.05, 4.69) is 11.1 Å². The van der Waals surface area contributed by atoms with E-state index in [0.717, 1.165) is 27.6 Å². The van der Waals surface area contributed by atoms with Gasteiger partial charge in [0.15, 0.2) is 5.78 Å². The van der Waals surface area contributed by atoms with Gasteiger partial charge in [0, 0.05) is 18.0 Å². The first-order valence-corrected chi connectivity index (χ1v) is 7.38. The highest BCUT2D eigenvalue weighted by atomic mass is 16.5. The number of hydrogen-bond acceptors (Lipinski definition) is 3. The summed E-state index contributed by atoms with van der Waals surface area (Å²) in [6.45, 7) is 1.91. The van der Waals surface area contributed by atoms with Crippen LogP contribution in [0.15, 0.2) is 60.9 Å². The Kier molecular flexibility index (Phi) is 4.20. The van der Waals surface area contributed by atoms with E-state index in [-0.39, 0.29) is 5.78 Å². The number of aromatic nitrogens is 1. The molecule has 0 aliphatic rings. The summed E-state index contributed by atoms with van der Waals surface area (Å²) in [5.74, 6) is 0.799. The number of aryl methyl sites for hydroxylation is 1. The Bertz CT molecular complexity index is 897. The number of methoxy groups -OCH3 is 1. The number of carbonyl (C=O) groups excluding carboxylic acids is 1. The van der Waals surface area contributed by atoms with Gasteiger partial charge in [0.05, 0.1) is 7.11 Å². The number of hydrogen-bond donors (Lipinski definition) is 0. The van der Waals surface area contributed by atoms with Crippen LogP contribution in [0.1, 0.15) is 21.5 Å². The fourth-order valence-electron chi connectivity index (χ4n) is 2.46. The number of pyridine rings is 1. The van der Waals surface area contributed by atoms with E-state index >= 15 is 0 Å². The Labute approximate surface area is 135 Å². The van der Waals surface area contributed by atoms with Gasteiger partial charge in [0.1, 0.15) is 5.75 Å². The van der Waals surface area contributed by atoms with Gasteiger partial charge in [-0.15, -0.1) is 0 Å². The second-order valence-electron chi connectivity index (χ2n) is 5.36. The van der Waals surface area contributed by atoms with Crippen LogP contribution in [0.2, 0.25) is 0 Å². The number of nitrogens with zero attached hydrogens (tertiary/aromatic N) is 1. The Hall–Kier alpha value is -2.94. The van der Waals surface area contributed by atoms with Crippen molar-refractivity contribution in [1.82, 2.24) is 4.98 Å². The zero-order valence-electron chi connectivity index (χ0n) is 13.1. The third-order valence-electron chi connectivity index (χ3n) is 3.80. The van der Waals surface area contributed by atoms with Crippen molar-refractivity contribution in [2.75, 3.05) is 7.11 Å². The largest absolute Gasteiger partial charge is 0.497 e. The fraction of sp³-hybridized carbons (Fsp3) is 0.100. The zero-order chi connectivity index (χ0) is 16.2. The van der Waals surface area contributed by atoms with E-state index in [9.17, 15) is 4.79 Å². The van der Waals surface area contributed by atoms with E-state index < -0.39 is 0 Å². The molecule has 0 N–H and O–H groups in total. The molecule has 23 heavy (non-hydrogen) atoms. The molecule has 0 saturated carbocycles. The summed E-state index contributed by atoms with van der Waals surface area (Å²) in [5, 5.41) is 2.22. The second-order valence-corrected chi connectivity index (χ2v) is 5.36. The molecule has 0 saturated heterocycles. The topological polar surface area (TPSA) is 39.2 Å². The van der Waals surface area contributed by atoms with Crippen LogP contribution in [0, 0.1) is 6.92 Å². The zero-order valence-corrected chi connectivity index (χ0v) is 13.1. The van der Waals surface area contributed by atoms with Crippen LogP contribution in [-0.4, -0.2) is 17.9 Å². The molecule has 0 amide bonds. The van der Waals surface area contributed by atoms with Crippen molar-refractivity contribution in [1.29, 1.82) is 0 Å². The SMILES string of the molecule is COc1ccc2cc(/C=C/C(=O)c3cnccc3C)ccc2c1. The Morgan fingerprint density at radius 2 is 1.87 bits per heavy atom. The van der Waals surface area contributed by atoms with Gasteiger partial charge in [0.25, 0.3) is 0 Å². The monoisotopic (exact) mass is 303 g/mol. The quantitative estimate of drug-likeness (QED) is 0.528. The molecule has 3 nitrogen and oxygen atoms in total. The highest BCUT2D eigenvalue weighted by molar-refractivity contribution is 6.07. The Morgan fingerprint density at radius 1 is 1.09 bits per heavy atom. The Morgan fingerprint density at radius 3 is 2.65 bits per heavy atom. The smallest absolute Gasteiger partial charge is 0.187 e. The van der Waals surface area contributed by atoms with Gasteiger partial charge in [-0.1, -0.05) is 24.3 Å². The standard InChI is InChI=1S/C20H17NO2/c1-14-9-10-21-13-19(14)20(22)8-4-15-3-5-17-12-18(23-2)7-6-16(17)11-15/h3-13H,1-2H3/b8-4+. The van der Waals surface area contributed by atoms with Gasteiger partial charge in [0.2, 0.25) is 0 Å². The molecule has 3 aromatic rings. The van der Waals surface area contributed by atoms with E-state index in [0.29, 0.717) is 5.56 Å². The number of fused-ring (bicyclic) bond motifs is 1. The second kappa shape index (κ2) is 6.44. The van der Waals surface area contributed by atoms with E-state index in [1.807, 2.05) is 49.4 Å². The average Bonchev–Trinajstić information content (AvgIpc) is 2.59. The molecule has 0 fully saturated rings. The van der Waals surface area contributed by atoms with Crippen LogP contribution < -0.4 is 4.74 Å². The molecule has 0 aliphatic carbocycles. The molecule has 0 bridgehead atoms. The van der Waals surface area contributed by atoms with Crippen LogP contribution in [0.5, 0.6) is 5.75 Å². The van der Waals surface area contributed by atoms with Crippen molar-refractivity contribution in [2.24, 2.45) is 0 Å². The van der Waals surface area contributed by atoms with Crippen LogP contribution in [0.4, 0.5) is 0 Å². The van der Waals surface area contributed by atoms with Gasteiger partial charge >= 0.3 is 0 Å². The van der Waals surface area contributed by atoms with Crippen molar-refractivity contribution in [3.05, 3.63) is 77.6 Å². The van der Waals surface area contributed by atoms with Crippen LogP contribution in [0.25, 0.3) is 16.8 Å². The average molecular weight is 303 g/mol. The lowest BCUT2D eigenvalue weighted by Crippen LogP contribution is -1.98. The van der Waals surface area contributed by atoms with E-state index in [1.54, 1.807) is 25.6 Å². The minimum atomic E-state index is -0.0366. The number of ketones is 1. The molecule has 0 radical (unpaired) electrons. The van der Waals surface area contributed by atoms with Gasteiger partial charge < -0.3 is 4.74 Å². The van der Waals surface area contributed by atoms with Crippen LogP contribution >= 0.6 is 0 Å². The number of carbonyl (C=O) groups is 1. The van der Waals surface area contributed by atoms with Crippen molar-refractivity contribution >= 4 is 22.6 Å². The number of allylic oxidation sites excluding steroid dienone is 1. The van der Waals surface area contributed by atoms with E-state index in [1.165, 1.54) is 0 Å². The maximum atomic E-state index is 12.2. The molecule has 1 heterocycles. The summed E-state index contributed by atoms with van der Waals surface area (Å²) in [6.07, 6.45) is 6.72. The number of ether oxygens (including phenoxy) is 1. The minimum Gasteiger partial charge on any atom is -0.497 e. The molecular weight excluding hydrogens is 286 g/mol. The molecule has 0 atom stereocenters. The van der Waals surface area contributed by atoms with E-state index in [4.69, 9.17) is 4.74 Å². The number of rotatable bonds is 4.